The highest BCUT2D eigenvalue weighted by Crippen LogP contribution is 2.19. The molecule has 0 rings (SSSR count). The van der Waals surface area contributed by atoms with E-state index in [1.165, 1.54) is 0 Å². The summed E-state index contributed by atoms with van der Waals surface area (Å²) in [6, 6.07) is 0. The van der Waals surface area contributed by atoms with E-state index >= 15 is 0 Å². The Morgan fingerprint density at radius 2 is 1.56 bits per heavy atom. The van der Waals surface area contributed by atoms with Crippen molar-refractivity contribution >= 4 is 35.8 Å². The Morgan fingerprint density at radius 3 is 1.94 bits per heavy atom. The lowest BCUT2D eigenvalue weighted by molar-refractivity contribution is 0.471. The second-order valence-electron chi connectivity index (χ2n) is 4.39. The minimum atomic E-state index is -3.52. The number of sulfonamides is 1. The quantitative estimate of drug-likeness (QED) is 0.623. The van der Waals surface area contributed by atoms with E-state index in [0.717, 1.165) is 19.1 Å². The highest BCUT2D eigenvalue weighted by Gasteiger charge is 2.19. The predicted octanol–water partition coefficient (Wildman–Crippen LogP) is 1.15. The first-order valence-corrected chi connectivity index (χ1v) is 10.5. The normalized spacial score (nSPS) is 14.9. The molecule has 0 aliphatic carbocycles. The molecule has 0 aromatic carbocycles. The van der Waals surface area contributed by atoms with Crippen molar-refractivity contribution < 1.29 is 16.8 Å². The monoisotopic (exact) mass is 363 g/mol. The van der Waals surface area contributed by atoms with Crippen molar-refractivity contribution in [3.05, 3.63) is 0 Å². The summed E-state index contributed by atoms with van der Waals surface area (Å²) in [5.74, 6) is -0.322. The summed E-state index contributed by atoms with van der Waals surface area (Å²) in [5, 5.41) is 0. The first-order chi connectivity index (χ1) is 8.11. The molecule has 0 aromatic heterocycles. The van der Waals surface area contributed by atoms with Gasteiger partial charge in [-0.15, -0.1) is 0 Å². The van der Waals surface area contributed by atoms with Gasteiger partial charge in [0.2, 0.25) is 10.0 Å². The summed E-state index contributed by atoms with van der Waals surface area (Å²) in [4.78, 5) is 0.0699. The fraction of sp³-hybridized carbons (Fsp3) is 1.00. The molecule has 0 radical (unpaired) electrons. The molecule has 1 unspecified atom stereocenters. The summed E-state index contributed by atoms with van der Waals surface area (Å²) in [7, 11) is -6.77. The third kappa shape index (κ3) is 8.44. The van der Waals surface area contributed by atoms with Crippen molar-refractivity contribution in [1.82, 2.24) is 4.72 Å². The van der Waals surface area contributed by atoms with Gasteiger partial charge in [0.15, 0.2) is 0 Å². The Labute approximate surface area is 119 Å². The van der Waals surface area contributed by atoms with Gasteiger partial charge in [-0.1, -0.05) is 42.6 Å². The Hall–Kier alpha value is 0.340. The Bertz CT molecular complexity index is 429. The average Bonchev–Trinajstić information content (AvgIpc) is 2.25. The molecular formula is C10H22BrNO4S2. The zero-order valence-electron chi connectivity index (χ0n) is 11.0. The highest BCUT2D eigenvalue weighted by atomic mass is 79.9. The first kappa shape index (κ1) is 18.3. The van der Waals surface area contributed by atoms with Crippen LogP contribution < -0.4 is 4.72 Å². The van der Waals surface area contributed by atoms with Gasteiger partial charge in [0.05, 0.1) is 11.5 Å². The van der Waals surface area contributed by atoms with Gasteiger partial charge in [-0.25, -0.2) is 21.6 Å². The van der Waals surface area contributed by atoms with Gasteiger partial charge in [0.1, 0.15) is 9.84 Å². The van der Waals surface area contributed by atoms with E-state index in [4.69, 9.17) is 0 Å². The molecule has 0 aliphatic heterocycles. The van der Waals surface area contributed by atoms with Gasteiger partial charge in [-0.2, -0.15) is 0 Å². The summed E-state index contributed by atoms with van der Waals surface area (Å²) in [6.07, 6.45) is 2.97. The first-order valence-electron chi connectivity index (χ1n) is 5.90. The molecule has 110 valence electrons. The SMILES string of the molecule is CCC(CC)C(Br)CNS(=O)(=O)CCS(C)(=O)=O. The molecule has 0 aromatic rings. The second kappa shape index (κ2) is 7.81. The lowest BCUT2D eigenvalue weighted by atomic mass is 10.00. The van der Waals surface area contributed by atoms with Crippen molar-refractivity contribution in [2.75, 3.05) is 24.3 Å². The Balaban J connectivity index is 4.27. The number of hydrogen-bond acceptors (Lipinski definition) is 4. The number of nitrogens with one attached hydrogen (secondary N) is 1. The van der Waals surface area contributed by atoms with Crippen LogP contribution in [0, 0.1) is 5.92 Å². The summed E-state index contributed by atoms with van der Waals surface area (Å²) < 4.78 is 47.4. The smallest absolute Gasteiger partial charge is 0.212 e. The number of halogens is 1. The van der Waals surface area contributed by atoms with Gasteiger partial charge in [-0.3, -0.25) is 0 Å². The van der Waals surface area contributed by atoms with E-state index in [1.807, 2.05) is 0 Å². The van der Waals surface area contributed by atoms with E-state index in [2.05, 4.69) is 34.5 Å². The number of alkyl halides is 1. The van der Waals surface area contributed by atoms with Crippen LogP contribution >= 0.6 is 15.9 Å². The number of hydrogen-bond donors (Lipinski definition) is 1. The van der Waals surface area contributed by atoms with Gasteiger partial charge in [0.25, 0.3) is 0 Å². The van der Waals surface area contributed by atoms with Crippen LogP contribution in [0.25, 0.3) is 0 Å². The fourth-order valence-electron chi connectivity index (χ4n) is 1.51. The molecule has 18 heavy (non-hydrogen) atoms. The van der Waals surface area contributed by atoms with Crippen LogP contribution in [0.15, 0.2) is 0 Å². The standard InChI is InChI=1S/C10H22BrNO4S2/c1-4-9(5-2)10(11)8-12-18(15,16)7-6-17(3,13)14/h9-10,12H,4-8H2,1-3H3. The van der Waals surface area contributed by atoms with Crippen LogP contribution in [-0.2, 0) is 19.9 Å². The van der Waals surface area contributed by atoms with Crippen molar-refractivity contribution in [2.45, 2.75) is 31.5 Å². The molecule has 1 atom stereocenters. The largest absolute Gasteiger partial charge is 0.229 e. The molecule has 0 bridgehead atoms. The zero-order valence-corrected chi connectivity index (χ0v) is 14.2. The molecule has 0 amide bonds. The number of rotatable bonds is 9. The van der Waals surface area contributed by atoms with Crippen molar-refractivity contribution in [3.8, 4) is 0 Å². The maximum Gasteiger partial charge on any atom is 0.212 e. The van der Waals surface area contributed by atoms with E-state index in [1.54, 1.807) is 0 Å². The van der Waals surface area contributed by atoms with E-state index in [-0.39, 0.29) is 16.3 Å². The highest BCUT2D eigenvalue weighted by molar-refractivity contribution is 9.09. The lowest BCUT2D eigenvalue weighted by Gasteiger charge is -2.19. The van der Waals surface area contributed by atoms with E-state index in [9.17, 15) is 16.8 Å². The van der Waals surface area contributed by atoms with Gasteiger partial charge in [-0.05, 0) is 5.92 Å². The maximum atomic E-state index is 11.6. The van der Waals surface area contributed by atoms with Crippen LogP contribution in [0.1, 0.15) is 26.7 Å². The number of sulfone groups is 1. The molecule has 0 aliphatic rings. The summed E-state index contributed by atoms with van der Waals surface area (Å²) >= 11 is 3.46. The summed E-state index contributed by atoms with van der Waals surface area (Å²) in [6.45, 7) is 4.40. The molecular weight excluding hydrogens is 342 g/mol. The third-order valence-electron chi connectivity index (χ3n) is 2.78. The van der Waals surface area contributed by atoms with E-state index < -0.39 is 19.9 Å². The van der Waals surface area contributed by atoms with Gasteiger partial charge >= 0.3 is 0 Å². The molecule has 0 heterocycles. The molecule has 0 fully saturated rings. The third-order valence-corrected chi connectivity index (χ3v) is 6.40. The Kier molecular flexibility index (Phi) is 7.96. The van der Waals surface area contributed by atoms with E-state index in [0.29, 0.717) is 12.5 Å². The lowest BCUT2D eigenvalue weighted by Crippen LogP contribution is -2.35. The molecule has 5 nitrogen and oxygen atoms in total. The minimum Gasteiger partial charge on any atom is -0.229 e. The molecule has 0 saturated heterocycles. The van der Waals surface area contributed by atoms with Crippen LogP contribution in [0.5, 0.6) is 0 Å². The van der Waals surface area contributed by atoms with Crippen LogP contribution in [0.4, 0.5) is 0 Å². The predicted molar refractivity (Wildman–Crippen MR) is 78.3 cm³/mol. The summed E-state index contributed by atoms with van der Waals surface area (Å²) in [5.41, 5.74) is 0. The fourth-order valence-corrected chi connectivity index (χ4v) is 5.30. The molecule has 1 N–H and O–H groups in total. The molecule has 8 heteroatoms. The van der Waals surface area contributed by atoms with Crippen LogP contribution in [-0.4, -0.2) is 46.0 Å². The minimum absolute atomic E-state index is 0.0699. The van der Waals surface area contributed by atoms with Crippen molar-refractivity contribution in [1.29, 1.82) is 0 Å². The van der Waals surface area contributed by atoms with Crippen LogP contribution in [0.3, 0.4) is 0 Å². The van der Waals surface area contributed by atoms with Crippen molar-refractivity contribution in [3.63, 3.8) is 0 Å². The van der Waals surface area contributed by atoms with Gasteiger partial charge in [0, 0.05) is 17.6 Å². The molecule has 0 saturated carbocycles. The molecule has 0 spiro atoms. The van der Waals surface area contributed by atoms with Gasteiger partial charge < -0.3 is 0 Å². The maximum absolute atomic E-state index is 11.6. The second-order valence-corrected chi connectivity index (χ2v) is 9.75. The van der Waals surface area contributed by atoms with Crippen molar-refractivity contribution in [2.24, 2.45) is 5.92 Å². The zero-order chi connectivity index (χ0) is 14.4. The van der Waals surface area contributed by atoms with Crippen LogP contribution in [0.2, 0.25) is 0 Å². The average molecular weight is 364 g/mol. The Morgan fingerprint density at radius 1 is 1.06 bits per heavy atom. The topological polar surface area (TPSA) is 80.3 Å².